The minimum absolute atomic E-state index is 0.0749. The molecule has 2 bridgehead atoms. The van der Waals surface area contributed by atoms with Crippen molar-refractivity contribution in [3.05, 3.63) is 65.1 Å². The number of rotatable bonds is 5. The second-order valence-electron chi connectivity index (χ2n) is 11.4. The van der Waals surface area contributed by atoms with E-state index in [1.54, 1.807) is 49.4 Å². The quantitative estimate of drug-likeness (QED) is 0.209. The van der Waals surface area contributed by atoms with Gasteiger partial charge >= 0.3 is 5.97 Å². The standard InChI is InChI=1S/C30H34O8/c1-17-5-12-23-19(3)27(35-28-30(23)22(17)15-16-29(4,36-28)37-38-30)34-26(32)21-10-7-20(8-11-21)9-13-24(31)25-14-6-18(2)33-25/h6-11,13-14,17,19,22-23,27-28H,5,12,15-16H2,1-4H3/b13-9+/t17-,19-,22+,23+,27-,28-,29+,30-/m1/s1. The van der Waals surface area contributed by atoms with Crippen molar-refractivity contribution in [3.8, 4) is 0 Å². The molecule has 0 unspecified atom stereocenters. The SMILES string of the molecule is Cc1ccc(C(=O)/C=C/c2ccc(C(=O)O[C@@H]3O[C@@H]4O[C@]5(C)CC[C@H]6[C@H](C)CC[C@@H]([C@H]3C)[C@@]46OO5)cc2)o1. The van der Waals surface area contributed by atoms with Gasteiger partial charge in [0.1, 0.15) is 5.76 Å². The van der Waals surface area contributed by atoms with E-state index in [0.717, 1.165) is 31.2 Å². The highest BCUT2D eigenvalue weighted by atomic mass is 17.3. The van der Waals surface area contributed by atoms with Crippen molar-refractivity contribution in [2.45, 2.75) is 77.3 Å². The number of ketones is 1. The summed E-state index contributed by atoms with van der Waals surface area (Å²) in [5.74, 6) is 0.0800. The molecule has 5 heterocycles. The summed E-state index contributed by atoms with van der Waals surface area (Å²) in [6.45, 7) is 7.98. The lowest BCUT2D eigenvalue weighted by atomic mass is 9.58. The zero-order chi connectivity index (χ0) is 26.7. The van der Waals surface area contributed by atoms with Gasteiger partial charge in [-0.25, -0.2) is 14.6 Å². The first-order valence-electron chi connectivity index (χ1n) is 13.5. The van der Waals surface area contributed by atoms with Crippen LogP contribution in [0.25, 0.3) is 6.08 Å². The van der Waals surface area contributed by atoms with E-state index in [0.29, 0.717) is 17.2 Å². The van der Waals surface area contributed by atoms with E-state index in [1.807, 2.05) is 13.8 Å². The second-order valence-corrected chi connectivity index (χ2v) is 11.4. The van der Waals surface area contributed by atoms with E-state index in [2.05, 4.69) is 6.92 Å². The summed E-state index contributed by atoms with van der Waals surface area (Å²) in [6, 6.07) is 10.3. The van der Waals surface area contributed by atoms with Crippen LogP contribution in [-0.4, -0.2) is 35.7 Å². The van der Waals surface area contributed by atoms with Crippen LogP contribution in [0.3, 0.4) is 0 Å². The van der Waals surface area contributed by atoms with Gasteiger partial charge in [0, 0.05) is 18.3 Å². The number of carbonyl (C=O) groups excluding carboxylic acids is 2. The number of fused-ring (bicyclic) bond motifs is 2. The number of carbonyl (C=O) groups is 2. The molecule has 0 radical (unpaired) electrons. The Morgan fingerprint density at radius 2 is 1.79 bits per heavy atom. The van der Waals surface area contributed by atoms with Crippen molar-refractivity contribution >= 4 is 17.8 Å². The molecule has 0 amide bonds. The Hall–Kier alpha value is -2.78. The number of benzene rings is 1. The molecule has 4 saturated heterocycles. The number of aryl methyl sites for hydroxylation is 1. The van der Waals surface area contributed by atoms with Gasteiger partial charge in [-0.3, -0.25) is 4.79 Å². The topological polar surface area (TPSA) is 93.4 Å². The highest BCUT2D eigenvalue weighted by Gasteiger charge is 2.69. The average Bonchev–Trinajstić information content (AvgIpc) is 3.22. The van der Waals surface area contributed by atoms with E-state index >= 15 is 0 Å². The fraction of sp³-hybridized carbons (Fsp3) is 0.533. The van der Waals surface area contributed by atoms with E-state index in [1.165, 1.54) is 6.08 Å². The van der Waals surface area contributed by atoms with E-state index in [4.69, 9.17) is 28.4 Å². The predicted molar refractivity (Wildman–Crippen MR) is 135 cm³/mol. The highest BCUT2D eigenvalue weighted by Crippen LogP contribution is 2.60. The van der Waals surface area contributed by atoms with Crippen molar-refractivity contribution in [1.82, 2.24) is 0 Å². The Bertz CT molecular complexity index is 1250. The molecule has 1 aromatic heterocycles. The van der Waals surface area contributed by atoms with Crippen LogP contribution in [0.5, 0.6) is 0 Å². The zero-order valence-electron chi connectivity index (χ0n) is 22.2. The van der Waals surface area contributed by atoms with Gasteiger partial charge in [-0.2, -0.15) is 0 Å². The minimum Gasteiger partial charge on any atom is -0.458 e. The molecule has 8 nitrogen and oxygen atoms in total. The van der Waals surface area contributed by atoms with Gasteiger partial charge in [0.15, 0.2) is 17.7 Å². The van der Waals surface area contributed by atoms with Crippen LogP contribution < -0.4 is 0 Å². The molecule has 202 valence electrons. The van der Waals surface area contributed by atoms with Crippen LogP contribution in [0.4, 0.5) is 0 Å². The van der Waals surface area contributed by atoms with Gasteiger partial charge in [-0.15, -0.1) is 0 Å². The third-order valence-electron chi connectivity index (χ3n) is 8.88. The number of hydrogen-bond acceptors (Lipinski definition) is 8. The molecule has 4 aliphatic heterocycles. The van der Waals surface area contributed by atoms with Crippen LogP contribution in [-0.2, 0) is 24.0 Å². The molecular weight excluding hydrogens is 488 g/mol. The van der Waals surface area contributed by atoms with Crippen molar-refractivity contribution < 1.29 is 38.0 Å². The Balaban J connectivity index is 1.16. The van der Waals surface area contributed by atoms with Gasteiger partial charge in [0.2, 0.25) is 17.9 Å². The predicted octanol–water partition coefficient (Wildman–Crippen LogP) is 5.85. The maximum absolute atomic E-state index is 13.1. The highest BCUT2D eigenvalue weighted by molar-refractivity contribution is 6.04. The number of allylic oxidation sites excluding steroid dienone is 1. The van der Waals surface area contributed by atoms with Crippen LogP contribution in [0, 0.1) is 30.6 Å². The van der Waals surface area contributed by atoms with Gasteiger partial charge < -0.3 is 18.6 Å². The van der Waals surface area contributed by atoms with Gasteiger partial charge in [-0.05, 0) is 80.9 Å². The smallest absolute Gasteiger partial charge is 0.340 e. The van der Waals surface area contributed by atoms with Crippen LogP contribution in [0.2, 0.25) is 0 Å². The van der Waals surface area contributed by atoms with E-state index in [-0.39, 0.29) is 29.3 Å². The van der Waals surface area contributed by atoms with E-state index in [9.17, 15) is 9.59 Å². The fourth-order valence-corrected chi connectivity index (χ4v) is 6.73. The lowest BCUT2D eigenvalue weighted by molar-refractivity contribution is -0.576. The Kier molecular flexibility index (Phi) is 6.34. The molecule has 8 atom stereocenters. The number of esters is 1. The molecule has 7 rings (SSSR count). The summed E-state index contributed by atoms with van der Waals surface area (Å²) in [5.41, 5.74) is 0.477. The minimum atomic E-state index is -0.882. The molecule has 2 aromatic rings. The summed E-state index contributed by atoms with van der Waals surface area (Å²) in [6.07, 6.45) is 5.37. The Morgan fingerprint density at radius 1 is 1.00 bits per heavy atom. The maximum Gasteiger partial charge on any atom is 0.340 e. The molecule has 0 N–H and O–H groups in total. The Morgan fingerprint density at radius 3 is 2.53 bits per heavy atom. The molecule has 1 spiro atoms. The summed E-state index contributed by atoms with van der Waals surface area (Å²) >= 11 is 0. The third-order valence-corrected chi connectivity index (χ3v) is 8.88. The number of ether oxygens (including phenoxy) is 3. The normalized spacial score (nSPS) is 38.0. The molecule has 5 fully saturated rings. The first-order valence-corrected chi connectivity index (χ1v) is 13.5. The monoisotopic (exact) mass is 522 g/mol. The van der Waals surface area contributed by atoms with E-state index < -0.39 is 29.9 Å². The van der Waals surface area contributed by atoms with Crippen molar-refractivity contribution in [2.24, 2.45) is 23.7 Å². The summed E-state index contributed by atoms with van der Waals surface area (Å²) < 4.78 is 24.0. The van der Waals surface area contributed by atoms with Gasteiger partial charge in [-0.1, -0.05) is 32.1 Å². The van der Waals surface area contributed by atoms with Crippen molar-refractivity contribution in [1.29, 1.82) is 0 Å². The number of furan rings is 1. The molecule has 38 heavy (non-hydrogen) atoms. The lowest BCUT2D eigenvalue weighted by Gasteiger charge is -2.59. The molecule has 1 aliphatic carbocycles. The largest absolute Gasteiger partial charge is 0.458 e. The summed E-state index contributed by atoms with van der Waals surface area (Å²) in [4.78, 5) is 37.4. The van der Waals surface area contributed by atoms with Gasteiger partial charge in [0.05, 0.1) is 5.56 Å². The first kappa shape index (κ1) is 25.5. The number of hydrogen-bond donors (Lipinski definition) is 0. The summed E-state index contributed by atoms with van der Waals surface area (Å²) in [7, 11) is 0. The molecule has 5 aliphatic rings. The van der Waals surface area contributed by atoms with Crippen molar-refractivity contribution in [2.75, 3.05) is 0 Å². The zero-order valence-corrected chi connectivity index (χ0v) is 22.2. The molecule has 1 saturated carbocycles. The van der Waals surface area contributed by atoms with Crippen LogP contribution in [0.15, 0.2) is 46.9 Å². The lowest BCUT2D eigenvalue weighted by Crippen LogP contribution is -2.70. The fourth-order valence-electron chi connectivity index (χ4n) is 6.73. The molecular formula is C30H34O8. The molecule has 1 aromatic carbocycles. The van der Waals surface area contributed by atoms with Crippen LogP contribution >= 0.6 is 0 Å². The average molecular weight is 523 g/mol. The van der Waals surface area contributed by atoms with Gasteiger partial charge in [0.25, 0.3) is 0 Å². The summed E-state index contributed by atoms with van der Waals surface area (Å²) in [5, 5.41) is 0. The van der Waals surface area contributed by atoms with Crippen LogP contribution in [0.1, 0.15) is 78.7 Å². The third kappa shape index (κ3) is 4.24. The first-order chi connectivity index (χ1) is 18.2. The van der Waals surface area contributed by atoms with Crippen molar-refractivity contribution in [3.63, 3.8) is 0 Å². The Labute approximate surface area is 222 Å². The maximum atomic E-state index is 13.1. The second kappa shape index (κ2) is 9.45. The molecule has 8 heteroatoms.